The molecule has 1 saturated heterocycles. The van der Waals surface area contributed by atoms with E-state index in [-0.39, 0.29) is 31.9 Å². The maximum Gasteiger partial charge on any atom is 0.259 e. The summed E-state index contributed by atoms with van der Waals surface area (Å²) < 4.78 is 14.3. The number of halogens is 3. The van der Waals surface area contributed by atoms with Gasteiger partial charge in [-0.3, -0.25) is 4.79 Å². The van der Waals surface area contributed by atoms with E-state index in [9.17, 15) is 9.18 Å². The molecule has 82 valence electrons. The lowest BCUT2D eigenvalue weighted by atomic mass is 10.1. The van der Waals surface area contributed by atoms with Gasteiger partial charge in [-0.05, 0) is 6.54 Å². The molecule has 1 unspecified atom stereocenters. The molecule has 1 amide bonds. The zero-order chi connectivity index (χ0) is 9.90. The van der Waals surface area contributed by atoms with Crippen molar-refractivity contribution in [2.45, 2.75) is 12.1 Å². The highest BCUT2D eigenvalue weighted by atomic mass is 79.9. The Morgan fingerprint density at radius 1 is 1.71 bits per heavy atom. The molecule has 3 nitrogen and oxygen atoms in total. The summed E-state index contributed by atoms with van der Waals surface area (Å²) in [7, 11) is 0. The lowest BCUT2D eigenvalue weighted by Gasteiger charge is -2.16. The summed E-state index contributed by atoms with van der Waals surface area (Å²) in [6.07, 6.45) is 0.244. The van der Waals surface area contributed by atoms with E-state index in [4.69, 9.17) is 0 Å². The van der Waals surface area contributed by atoms with E-state index in [1.54, 1.807) is 0 Å². The van der Waals surface area contributed by atoms with Crippen LogP contribution in [-0.2, 0) is 4.79 Å². The quantitative estimate of drug-likeness (QED) is 0.817. The number of carbonyl (C=O) groups excluding carboxylic acids is 1. The van der Waals surface area contributed by atoms with Crippen LogP contribution in [0.2, 0.25) is 0 Å². The first kappa shape index (κ1) is 13.9. The SMILES string of the molecule is C=C(Br)CNC(=O)C1(F)CCNC1.Cl. The van der Waals surface area contributed by atoms with Crippen molar-refractivity contribution in [1.82, 2.24) is 10.6 Å². The third-order valence-electron chi connectivity index (χ3n) is 1.95. The molecule has 0 radical (unpaired) electrons. The minimum atomic E-state index is -1.73. The zero-order valence-electron chi connectivity index (χ0n) is 7.61. The van der Waals surface area contributed by atoms with E-state index >= 15 is 0 Å². The predicted octanol–water partition coefficient (Wildman–Crippen LogP) is 1.13. The lowest BCUT2D eigenvalue weighted by Crippen LogP contribution is -2.45. The third-order valence-corrected chi connectivity index (χ3v) is 2.23. The maximum atomic E-state index is 13.6. The van der Waals surface area contributed by atoms with Crippen molar-refractivity contribution in [3.8, 4) is 0 Å². The summed E-state index contributed by atoms with van der Waals surface area (Å²) >= 11 is 3.08. The molecule has 0 saturated carbocycles. The minimum Gasteiger partial charge on any atom is -0.349 e. The van der Waals surface area contributed by atoms with Crippen LogP contribution in [0.4, 0.5) is 4.39 Å². The monoisotopic (exact) mass is 286 g/mol. The van der Waals surface area contributed by atoms with Crippen molar-refractivity contribution in [2.24, 2.45) is 0 Å². The van der Waals surface area contributed by atoms with Gasteiger partial charge >= 0.3 is 0 Å². The van der Waals surface area contributed by atoms with Crippen LogP contribution in [0.25, 0.3) is 0 Å². The first-order valence-corrected chi connectivity index (χ1v) is 4.85. The normalized spacial score (nSPS) is 25.3. The number of alkyl halides is 1. The molecular formula is C8H13BrClFN2O. The average Bonchev–Trinajstić information content (AvgIpc) is 2.49. The largest absolute Gasteiger partial charge is 0.349 e. The van der Waals surface area contributed by atoms with E-state index in [0.717, 1.165) is 0 Å². The minimum absolute atomic E-state index is 0. The highest BCUT2D eigenvalue weighted by Gasteiger charge is 2.41. The van der Waals surface area contributed by atoms with Crippen molar-refractivity contribution >= 4 is 34.2 Å². The van der Waals surface area contributed by atoms with Crippen LogP contribution in [0, 0.1) is 0 Å². The smallest absolute Gasteiger partial charge is 0.259 e. The van der Waals surface area contributed by atoms with Gasteiger partial charge in [-0.1, -0.05) is 22.5 Å². The molecule has 1 atom stereocenters. The zero-order valence-corrected chi connectivity index (χ0v) is 10.0. The van der Waals surface area contributed by atoms with Gasteiger partial charge in [-0.25, -0.2) is 4.39 Å². The first-order chi connectivity index (χ1) is 6.04. The summed E-state index contributed by atoms with van der Waals surface area (Å²) in [5.41, 5.74) is -1.73. The van der Waals surface area contributed by atoms with Gasteiger partial charge < -0.3 is 10.6 Å². The van der Waals surface area contributed by atoms with Gasteiger partial charge in [0.25, 0.3) is 5.91 Å². The van der Waals surface area contributed by atoms with Crippen molar-refractivity contribution in [2.75, 3.05) is 19.6 Å². The van der Waals surface area contributed by atoms with Crippen LogP contribution in [0.3, 0.4) is 0 Å². The standard InChI is InChI=1S/C8H12BrFN2O.ClH/c1-6(9)4-12-7(13)8(10)2-3-11-5-8;/h11H,1-5H2,(H,12,13);1H. The van der Waals surface area contributed by atoms with Crippen LogP contribution >= 0.6 is 28.3 Å². The molecule has 1 aliphatic heterocycles. The number of hydrogen-bond donors (Lipinski definition) is 2. The molecule has 0 aliphatic carbocycles. The molecule has 1 heterocycles. The predicted molar refractivity (Wildman–Crippen MR) is 59.7 cm³/mol. The summed E-state index contributed by atoms with van der Waals surface area (Å²) in [5.74, 6) is -0.557. The fourth-order valence-electron chi connectivity index (χ4n) is 1.19. The molecule has 0 aromatic heterocycles. The fourth-order valence-corrected chi connectivity index (χ4v) is 1.33. The summed E-state index contributed by atoms with van der Waals surface area (Å²) in [5, 5.41) is 5.28. The number of amides is 1. The molecule has 6 heteroatoms. The van der Waals surface area contributed by atoms with Gasteiger partial charge in [0.15, 0.2) is 0 Å². The molecule has 1 aliphatic rings. The van der Waals surface area contributed by atoms with E-state index in [2.05, 4.69) is 33.1 Å². The summed E-state index contributed by atoms with van der Waals surface area (Å²) in [4.78, 5) is 11.3. The topological polar surface area (TPSA) is 41.1 Å². The second kappa shape index (κ2) is 5.68. The van der Waals surface area contributed by atoms with Crippen molar-refractivity contribution < 1.29 is 9.18 Å². The molecule has 1 fully saturated rings. The van der Waals surface area contributed by atoms with Gasteiger partial charge in [0.1, 0.15) is 0 Å². The van der Waals surface area contributed by atoms with Crippen LogP contribution in [0.5, 0.6) is 0 Å². The Morgan fingerprint density at radius 2 is 2.36 bits per heavy atom. The Balaban J connectivity index is 0.00000169. The molecular weight excluding hydrogens is 274 g/mol. The van der Waals surface area contributed by atoms with Crippen LogP contribution in [0.1, 0.15) is 6.42 Å². The summed E-state index contributed by atoms with van der Waals surface area (Å²) in [6, 6.07) is 0. The van der Waals surface area contributed by atoms with Crippen LogP contribution in [0.15, 0.2) is 11.1 Å². The fraction of sp³-hybridized carbons (Fsp3) is 0.625. The molecule has 0 aromatic rings. The number of hydrogen-bond acceptors (Lipinski definition) is 2. The third kappa shape index (κ3) is 3.55. The molecule has 14 heavy (non-hydrogen) atoms. The molecule has 0 aromatic carbocycles. The Kier molecular flexibility index (Phi) is 5.63. The first-order valence-electron chi connectivity index (χ1n) is 4.06. The Morgan fingerprint density at radius 3 is 2.79 bits per heavy atom. The van der Waals surface area contributed by atoms with E-state index < -0.39 is 11.6 Å². The van der Waals surface area contributed by atoms with Crippen LogP contribution < -0.4 is 10.6 Å². The Bertz CT molecular complexity index is 231. The van der Waals surface area contributed by atoms with E-state index in [0.29, 0.717) is 11.0 Å². The number of carbonyl (C=O) groups is 1. The van der Waals surface area contributed by atoms with Gasteiger partial charge in [0.05, 0.1) is 0 Å². The molecule has 0 bridgehead atoms. The number of nitrogens with one attached hydrogen (secondary N) is 2. The maximum absolute atomic E-state index is 13.6. The van der Waals surface area contributed by atoms with E-state index in [1.165, 1.54) is 0 Å². The summed E-state index contributed by atoms with van der Waals surface area (Å²) in [6.45, 7) is 4.47. The van der Waals surface area contributed by atoms with Crippen molar-refractivity contribution in [3.05, 3.63) is 11.1 Å². The molecule has 1 rings (SSSR count). The van der Waals surface area contributed by atoms with Gasteiger partial charge in [0.2, 0.25) is 5.67 Å². The number of rotatable bonds is 3. The van der Waals surface area contributed by atoms with Crippen LogP contribution in [-0.4, -0.2) is 31.2 Å². The van der Waals surface area contributed by atoms with Gasteiger partial charge in [-0.15, -0.1) is 12.4 Å². The Labute approximate surface area is 97.0 Å². The van der Waals surface area contributed by atoms with Crippen molar-refractivity contribution in [3.63, 3.8) is 0 Å². The Hall–Kier alpha value is -0.130. The molecule has 0 spiro atoms. The van der Waals surface area contributed by atoms with E-state index in [1.807, 2.05) is 0 Å². The molecule has 2 N–H and O–H groups in total. The van der Waals surface area contributed by atoms with Crippen molar-refractivity contribution in [1.29, 1.82) is 0 Å². The highest BCUT2D eigenvalue weighted by molar-refractivity contribution is 9.11. The van der Waals surface area contributed by atoms with Gasteiger partial charge in [-0.2, -0.15) is 0 Å². The second-order valence-electron chi connectivity index (χ2n) is 3.09. The average molecular weight is 288 g/mol. The second-order valence-corrected chi connectivity index (χ2v) is 4.21. The van der Waals surface area contributed by atoms with Gasteiger partial charge in [0, 0.05) is 24.0 Å². The lowest BCUT2D eigenvalue weighted by molar-refractivity contribution is -0.131. The highest BCUT2D eigenvalue weighted by Crippen LogP contribution is 2.19.